The van der Waals surface area contributed by atoms with Crippen molar-refractivity contribution in [3.63, 3.8) is 0 Å². The summed E-state index contributed by atoms with van der Waals surface area (Å²) in [6, 6.07) is 3.55. The molecule has 0 bridgehead atoms. The highest BCUT2D eigenvalue weighted by Crippen LogP contribution is 2.39. The third kappa shape index (κ3) is 3.51. The number of halogens is 1. The summed E-state index contributed by atoms with van der Waals surface area (Å²) >= 11 is 6.05. The smallest absolute Gasteiger partial charge is 0.166 e. The van der Waals surface area contributed by atoms with Gasteiger partial charge in [-0.1, -0.05) is 11.6 Å². The third-order valence-corrected chi connectivity index (χ3v) is 2.51. The summed E-state index contributed by atoms with van der Waals surface area (Å²) < 4.78 is 11.1. The highest BCUT2D eigenvalue weighted by atomic mass is 35.5. The molecule has 0 aromatic heterocycles. The van der Waals surface area contributed by atoms with Gasteiger partial charge in [0.1, 0.15) is 0 Å². The van der Waals surface area contributed by atoms with Crippen LogP contribution in [0.25, 0.3) is 0 Å². The van der Waals surface area contributed by atoms with Gasteiger partial charge in [-0.25, -0.2) is 0 Å². The number of hydrogen-bond donors (Lipinski definition) is 1. The van der Waals surface area contributed by atoms with Gasteiger partial charge in [0, 0.05) is 22.2 Å². The molecule has 0 radical (unpaired) electrons. The van der Waals surface area contributed by atoms with Crippen molar-refractivity contribution in [3.05, 3.63) is 22.7 Å². The summed E-state index contributed by atoms with van der Waals surface area (Å²) in [5, 5.41) is 0.589. The monoisotopic (exact) mass is 257 g/mol. The molecule has 0 aliphatic rings. The molecule has 1 rings (SSSR count). The molecule has 0 spiro atoms. The quantitative estimate of drug-likeness (QED) is 0.900. The van der Waals surface area contributed by atoms with E-state index >= 15 is 0 Å². The summed E-state index contributed by atoms with van der Waals surface area (Å²) in [5.74, 6) is 1.28. The minimum Gasteiger partial charge on any atom is -0.493 e. The summed E-state index contributed by atoms with van der Waals surface area (Å²) in [5.41, 5.74) is 6.44. The van der Waals surface area contributed by atoms with Crippen LogP contribution in [0, 0.1) is 0 Å². The van der Waals surface area contributed by atoms with Gasteiger partial charge in [-0.15, -0.1) is 0 Å². The zero-order chi connectivity index (χ0) is 13.2. The molecule has 0 aliphatic heterocycles. The van der Waals surface area contributed by atoms with E-state index in [-0.39, 0.29) is 6.10 Å². The van der Waals surface area contributed by atoms with Gasteiger partial charge in [-0.2, -0.15) is 0 Å². The highest BCUT2D eigenvalue weighted by molar-refractivity contribution is 6.30. The first kappa shape index (κ1) is 14.1. The van der Waals surface area contributed by atoms with E-state index in [0.717, 1.165) is 5.56 Å². The van der Waals surface area contributed by atoms with Crippen LogP contribution in [-0.2, 0) is 5.54 Å². The Labute approximate surface area is 108 Å². The molecular formula is C13H20ClNO2. The third-order valence-electron chi connectivity index (χ3n) is 2.29. The van der Waals surface area contributed by atoms with E-state index in [0.29, 0.717) is 16.5 Å². The minimum absolute atomic E-state index is 0.0474. The van der Waals surface area contributed by atoms with E-state index in [2.05, 4.69) is 0 Å². The average Bonchev–Trinajstić information content (AvgIpc) is 2.17. The molecule has 0 unspecified atom stereocenters. The van der Waals surface area contributed by atoms with Crippen LogP contribution < -0.4 is 15.2 Å². The van der Waals surface area contributed by atoms with Crippen LogP contribution in [0.2, 0.25) is 5.02 Å². The minimum atomic E-state index is -0.539. The molecule has 2 N–H and O–H groups in total. The van der Waals surface area contributed by atoms with Crippen LogP contribution in [0.5, 0.6) is 11.5 Å². The van der Waals surface area contributed by atoms with E-state index in [9.17, 15) is 0 Å². The summed E-state index contributed by atoms with van der Waals surface area (Å²) in [4.78, 5) is 0. The van der Waals surface area contributed by atoms with Crippen LogP contribution in [-0.4, -0.2) is 13.2 Å². The predicted molar refractivity (Wildman–Crippen MR) is 71.0 cm³/mol. The van der Waals surface area contributed by atoms with E-state index in [1.807, 2.05) is 33.8 Å². The largest absolute Gasteiger partial charge is 0.493 e. The molecule has 17 heavy (non-hydrogen) atoms. The fraction of sp³-hybridized carbons (Fsp3) is 0.538. The van der Waals surface area contributed by atoms with Gasteiger partial charge in [-0.05, 0) is 33.8 Å². The van der Waals surface area contributed by atoms with Crippen LogP contribution in [0.1, 0.15) is 33.3 Å². The first-order valence-corrected chi connectivity index (χ1v) is 5.97. The lowest BCUT2D eigenvalue weighted by atomic mass is 9.94. The second kappa shape index (κ2) is 5.15. The van der Waals surface area contributed by atoms with Crippen molar-refractivity contribution >= 4 is 11.6 Å². The van der Waals surface area contributed by atoms with Crippen molar-refractivity contribution in [2.45, 2.75) is 39.3 Å². The fourth-order valence-corrected chi connectivity index (χ4v) is 1.76. The van der Waals surface area contributed by atoms with Crippen molar-refractivity contribution in [2.75, 3.05) is 7.11 Å². The normalized spacial score (nSPS) is 11.8. The zero-order valence-corrected chi connectivity index (χ0v) is 11.8. The van der Waals surface area contributed by atoms with E-state index in [1.54, 1.807) is 13.2 Å². The number of hydrogen-bond acceptors (Lipinski definition) is 3. The molecule has 0 heterocycles. The molecule has 0 fully saturated rings. The molecule has 0 atom stereocenters. The molecule has 4 heteroatoms. The molecule has 3 nitrogen and oxygen atoms in total. The number of rotatable bonds is 4. The average molecular weight is 258 g/mol. The Morgan fingerprint density at radius 3 is 2.29 bits per heavy atom. The zero-order valence-electron chi connectivity index (χ0n) is 11.0. The van der Waals surface area contributed by atoms with Crippen LogP contribution >= 0.6 is 11.6 Å². The molecule has 1 aromatic carbocycles. The fourth-order valence-electron chi connectivity index (χ4n) is 1.56. The molecular weight excluding hydrogens is 238 g/mol. The SMILES string of the molecule is COc1cc(Cl)cc(C(C)(C)N)c1OC(C)C. The van der Waals surface area contributed by atoms with Gasteiger partial charge < -0.3 is 15.2 Å². The lowest BCUT2D eigenvalue weighted by molar-refractivity contribution is 0.224. The number of nitrogens with two attached hydrogens (primary N) is 1. The van der Waals surface area contributed by atoms with Crippen LogP contribution in [0.3, 0.4) is 0 Å². The lowest BCUT2D eigenvalue weighted by Gasteiger charge is -2.25. The Balaban J connectivity index is 3.39. The van der Waals surface area contributed by atoms with Crippen LogP contribution in [0.15, 0.2) is 12.1 Å². The van der Waals surface area contributed by atoms with Crippen molar-refractivity contribution < 1.29 is 9.47 Å². The maximum Gasteiger partial charge on any atom is 0.166 e. The van der Waals surface area contributed by atoms with E-state index in [4.69, 9.17) is 26.8 Å². The van der Waals surface area contributed by atoms with Crippen molar-refractivity contribution in [2.24, 2.45) is 5.73 Å². The second-order valence-corrected chi connectivity index (χ2v) is 5.31. The predicted octanol–water partition coefficient (Wildman–Crippen LogP) is 3.33. The van der Waals surface area contributed by atoms with Crippen LogP contribution in [0.4, 0.5) is 0 Å². The van der Waals surface area contributed by atoms with Crippen molar-refractivity contribution in [1.29, 1.82) is 0 Å². The number of methoxy groups -OCH3 is 1. The lowest BCUT2D eigenvalue weighted by Crippen LogP contribution is -2.30. The number of ether oxygens (including phenoxy) is 2. The van der Waals surface area contributed by atoms with Gasteiger partial charge in [0.2, 0.25) is 0 Å². The summed E-state index contributed by atoms with van der Waals surface area (Å²) in [7, 11) is 1.59. The highest BCUT2D eigenvalue weighted by Gasteiger charge is 2.24. The Bertz CT molecular complexity index is 397. The standard InChI is InChI=1S/C13H20ClNO2/c1-8(2)17-12-10(13(3,4)15)6-9(14)7-11(12)16-5/h6-8H,15H2,1-5H3. The Hall–Kier alpha value is -0.930. The summed E-state index contributed by atoms with van der Waals surface area (Å²) in [6.45, 7) is 7.74. The molecule has 0 saturated carbocycles. The van der Waals surface area contributed by atoms with Gasteiger partial charge in [0.05, 0.1) is 13.2 Å². The van der Waals surface area contributed by atoms with E-state index in [1.165, 1.54) is 0 Å². The molecule has 0 saturated heterocycles. The van der Waals surface area contributed by atoms with Crippen molar-refractivity contribution in [1.82, 2.24) is 0 Å². The Morgan fingerprint density at radius 1 is 1.29 bits per heavy atom. The Morgan fingerprint density at radius 2 is 1.88 bits per heavy atom. The first-order chi connectivity index (χ1) is 7.75. The van der Waals surface area contributed by atoms with Gasteiger partial charge in [0.25, 0.3) is 0 Å². The van der Waals surface area contributed by atoms with E-state index < -0.39 is 5.54 Å². The topological polar surface area (TPSA) is 44.5 Å². The summed E-state index contributed by atoms with van der Waals surface area (Å²) in [6.07, 6.45) is 0.0474. The number of benzene rings is 1. The van der Waals surface area contributed by atoms with Gasteiger partial charge >= 0.3 is 0 Å². The molecule has 1 aromatic rings. The first-order valence-electron chi connectivity index (χ1n) is 5.59. The maximum absolute atomic E-state index is 6.13. The Kier molecular flexibility index (Phi) is 4.28. The van der Waals surface area contributed by atoms with Crippen molar-refractivity contribution in [3.8, 4) is 11.5 Å². The second-order valence-electron chi connectivity index (χ2n) is 4.87. The molecule has 96 valence electrons. The molecule has 0 aliphatic carbocycles. The maximum atomic E-state index is 6.13. The van der Waals surface area contributed by atoms with Gasteiger partial charge in [0.15, 0.2) is 11.5 Å². The van der Waals surface area contributed by atoms with Gasteiger partial charge in [-0.3, -0.25) is 0 Å². The molecule has 0 amide bonds.